The monoisotopic (exact) mass is 317 g/mol. The normalized spacial score (nSPS) is 16.6. The van der Waals surface area contributed by atoms with Gasteiger partial charge in [0.05, 0.1) is 17.0 Å². The number of carboxylic acid groups (broad SMARTS) is 1. The van der Waals surface area contributed by atoms with E-state index in [1.54, 1.807) is 0 Å². The van der Waals surface area contributed by atoms with E-state index in [4.69, 9.17) is 5.11 Å². The van der Waals surface area contributed by atoms with Crippen LogP contribution in [0.1, 0.15) is 28.8 Å². The van der Waals surface area contributed by atoms with E-state index < -0.39 is 40.8 Å². The Morgan fingerprint density at radius 1 is 1.18 bits per heavy atom. The summed E-state index contributed by atoms with van der Waals surface area (Å²) < 4.78 is 38.9. The van der Waals surface area contributed by atoms with Crippen LogP contribution in [0, 0.1) is 5.92 Å². The Balaban J connectivity index is 2.22. The van der Waals surface area contributed by atoms with Crippen LogP contribution in [0.15, 0.2) is 18.2 Å². The number of hydrogen-bond donors (Lipinski definition) is 2. The molecule has 8 heteroatoms. The van der Waals surface area contributed by atoms with Crippen molar-refractivity contribution in [2.24, 2.45) is 5.92 Å². The molecule has 5 nitrogen and oxygen atoms in total. The molecule has 1 aliphatic rings. The number of halogens is 3. The van der Waals surface area contributed by atoms with Crippen molar-refractivity contribution in [2.45, 2.75) is 19.0 Å². The molecule has 0 unspecified atom stereocenters. The fraction of sp³-hybridized carbons (Fsp3) is 0.429. The third-order valence-corrected chi connectivity index (χ3v) is 3.67. The molecule has 2 N–H and O–H groups in total. The van der Waals surface area contributed by atoms with Crippen molar-refractivity contribution in [3.05, 3.63) is 29.3 Å². The number of alkyl halides is 3. The average Bonchev–Trinajstić information content (AvgIpc) is 2.45. The van der Waals surface area contributed by atoms with Crippen LogP contribution in [0.25, 0.3) is 0 Å². The van der Waals surface area contributed by atoms with E-state index in [-0.39, 0.29) is 25.9 Å². The van der Waals surface area contributed by atoms with E-state index in [0.29, 0.717) is 6.07 Å². The molecule has 1 saturated heterocycles. The molecule has 1 aliphatic heterocycles. The lowest BCUT2D eigenvalue weighted by molar-refractivity contribution is -0.143. The summed E-state index contributed by atoms with van der Waals surface area (Å²) in [5.41, 5.74) is -1.74. The highest BCUT2D eigenvalue weighted by Crippen LogP contribution is 2.35. The number of carbonyl (C=O) groups is 2. The molecule has 0 aliphatic carbocycles. The van der Waals surface area contributed by atoms with Gasteiger partial charge in [0, 0.05) is 13.1 Å². The molecule has 1 aromatic rings. The van der Waals surface area contributed by atoms with Gasteiger partial charge >= 0.3 is 12.1 Å². The highest BCUT2D eigenvalue weighted by molar-refractivity contribution is 5.96. The summed E-state index contributed by atoms with van der Waals surface area (Å²) in [7, 11) is 0. The van der Waals surface area contributed by atoms with Crippen molar-refractivity contribution in [1.29, 1.82) is 0 Å². The van der Waals surface area contributed by atoms with Gasteiger partial charge in [-0.2, -0.15) is 13.2 Å². The maximum absolute atomic E-state index is 13.0. The lowest BCUT2D eigenvalue weighted by Gasteiger charge is -2.30. The Hall–Kier alpha value is -2.25. The second-order valence-electron chi connectivity index (χ2n) is 5.13. The van der Waals surface area contributed by atoms with Crippen molar-refractivity contribution < 1.29 is 33.0 Å². The molecule has 0 atom stereocenters. The number of aromatic hydroxyl groups is 1. The lowest BCUT2D eigenvalue weighted by atomic mass is 9.96. The average molecular weight is 317 g/mol. The Kier molecular flexibility index (Phi) is 4.30. The van der Waals surface area contributed by atoms with E-state index in [9.17, 15) is 27.9 Å². The summed E-state index contributed by atoms with van der Waals surface area (Å²) in [6.45, 7) is 0.182. The van der Waals surface area contributed by atoms with Gasteiger partial charge in [-0.15, -0.1) is 0 Å². The van der Waals surface area contributed by atoms with Gasteiger partial charge in [0.25, 0.3) is 5.91 Å². The number of benzene rings is 1. The van der Waals surface area contributed by atoms with Crippen molar-refractivity contribution >= 4 is 11.9 Å². The third-order valence-electron chi connectivity index (χ3n) is 3.67. The number of carboxylic acids is 1. The van der Waals surface area contributed by atoms with Crippen molar-refractivity contribution in [3.63, 3.8) is 0 Å². The quantitative estimate of drug-likeness (QED) is 0.878. The Morgan fingerprint density at radius 3 is 2.27 bits per heavy atom. The van der Waals surface area contributed by atoms with E-state index in [1.807, 2.05) is 0 Å². The second-order valence-corrected chi connectivity index (χ2v) is 5.13. The van der Waals surface area contributed by atoms with Crippen LogP contribution in [0.5, 0.6) is 5.75 Å². The first kappa shape index (κ1) is 16.1. The largest absolute Gasteiger partial charge is 0.508 e. The van der Waals surface area contributed by atoms with Gasteiger partial charge in [-0.3, -0.25) is 9.59 Å². The first-order valence-electron chi connectivity index (χ1n) is 6.62. The SMILES string of the molecule is O=C(O)C1CCN(C(=O)c2ccc(O)cc2C(F)(F)F)CC1. The van der Waals surface area contributed by atoms with E-state index in [2.05, 4.69) is 0 Å². The number of likely N-dealkylation sites (tertiary alicyclic amines) is 1. The summed E-state index contributed by atoms with van der Waals surface area (Å²) >= 11 is 0. The maximum atomic E-state index is 13.0. The first-order chi connectivity index (χ1) is 10.2. The highest BCUT2D eigenvalue weighted by atomic mass is 19.4. The van der Waals surface area contributed by atoms with Gasteiger partial charge in [-0.25, -0.2) is 0 Å². The van der Waals surface area contributed by atoms with Crippen LogP contribution in [0.2, 0.25) is 0 Å². The van der Waals surface area contributed by atoms with E-state index >= 15 is 0 Å². The Bertz CT molecular complexity index is 592. The van der Waals surface area contributed by atoms with Crippen LogP contribution in [-0.4, -0.2) is 40.1 Å². The molecular formula is C14H14F3NO4. The smallest absolute Gasteiger partial charge is 0.417 e. The predicted octanol–water partition coefficient (Wildman–Crippen LogP) is 2.35. The summed E-state index contributed by atoms with van der Waals surface area (Å²) in [6, 6.07) is 2.47. The van der Waals surface area contributed by atoms with Gasteiger partial charge in [0.15, 0.2) is 0 Å². The lowest BCUT2D eigenvalue weighted by Crippen LogP contribution is -2.40. The minimum atomic E-state index is -4.76. The van der Waals surface area contributed by atoms with Crippen molar-refractivity contribution in [2.75, 3.05) is 13.1 Å². The minimum absolute atomic E-state index is 0.0912. The van der Waals surface area contributed by atoms with Crippen LogP contribution in [0.3, 0.4) is 0 Å². The molecule has 1 fully saturated rings. The summed E-state index contributed by atoms with van der Waals surface area (Å²) in [6.07, 6.45) is -4.34. The zero-order valence-electron chi connectivity index (χ0n) is 11.4. The Labute approximate surface area is 124 Å². The zero-order chi connectivity index (χ0) is 16.5. The van der Waals surface area contributed by atoms with Gasteiger partial charge in [-0.05, 0) is 31.0 Å². The molecule has 0 spiro atoms. The molecule has 120 valence electrons. The van der Waals surface area contributed by atoms with Gasteiger partial charge < -0.3 is 15.1 Å². The van der Waals surface area contributed by atoms with Crippen molar-refractivity contribution in [1.82, 2.24) is 4.90 Å². The van der Waals surface area contributed by atoms with Crippen LogP contribution in [0.4, 0.5) is 13.2 Å². The fourth-order valence-electron chi connectivity index (χ4n) is 2.45. The molecule has 1 aromatic carbocycles. The van der Waals surface area contributed by atoms with Crippen LogP contribution < -0.4 is 0 Å². The highest BCUT2D eigenvalue weighted by Gasteiger charge is 2.37. The molecule has 2 rings (SSSR count). The predicted molar refractivity (Wildman–Crippen MR) is 69.4 cm³/mol. The van der Waals surface area contributed by atoms with Crippen LogP contribution >= 0.6 is 0 Å². The van der Waals surface area contributed by atoms with Gasteiger partial charge in [-0.1, -0.05) is 0 Å². The minimum Gasteiger partial charge on any atom is -0.508 e. The molecule has 22 heavy (non-hydrogen) atoms. The number of rotatable bonds is 2. The summed E-state index contributed by atoms with van der Waals surface area (Å²) in [4.78, 5) is 24.3. The fourth-order valence-corrected chi connectivity index (χ4v) is 2.45. The number of phenols is 1. The number of nitrogens with zero attached hydrogens (tertiary/aromatic N) is 1. The van der Waals surface area contributed by atoms with Gasteiger partial charge in [0.1, 0.15) is 5.75 Å². The number of aliphatic carboxylic acids is 1. The number of carbonyl (C=O) groups excluding carboxylic acids is 1. The number of hydrogen-bond acceptors (Lipinski definition) is 3. The van der Waals surface area contributed by atoms with Crippen molar-refractivity contribution in [3.8, 4) is 5.75 Å². The third kappa shape index (κ3) is 3.32. The summed E-state index contributed by atoms with van der Waals surface area (Å²) in [5.74, 6) is -2.93. The molecule has 1 amide bonds. The van der Waals surface area contributed by atoms with E-state index in [1.165, 1.54) is 4.90 Å². The summed E-state index contributed by atoms with van der Waals surface area (Å²) in [5, 5.41) is 18.1. The molecule has 0 bridgehead atoms. The topological polar surface area (TPSA) is 77.8 Å². The molecular weight excluding hydrogens is 303 g/mol. The van der Waals surface area contributed by atoms with Crippen LogP contribution in [-0.2, 0) is 11.0 Å². The van der Waals surface area contributed by atoms with E-state index in [0.717, 1.165) is 12.1 Å². The van der Waals surface area contributed by atoms with Gasteiger partial charge in [0.2, 0.25) is 0 Å². The standard InChI is InChI=1S/C14H14F3NO4/c15-14(16,17)11-7-9(19)1-2-10(11)12(20)18-5-3-8(4-6-18)13(21)22/h1-2,7-8,19H,3-6H2,(H,21,22). The molecule has 0 saturated carbocycles. The molecule has 0 aromatic heterocycles. The molecule has 1 heterocycles. The molecule has 0 radical (unpaired) electrons. The number of amides is 1. The number of piperidine rings is 1. The maximum Gasteiger partial charge on any atom is 0.417 e. The zero-order valence-corrected chi connectivity index (χ0v) is 11.4. The first-order valence-corrected chi connectivity index (χ1v) is 6.62. The second kappa shape index (κ2) is 5.86. The Morgan fingerprint density at radius 2 is 1.77 bits per heavy atom. The number of phenolic OH excluding ortho intramolecular Hbond substituents is 1.